The van der Waals surface area contributed by atoms with Crippen molar-refractivity contribution in [1.29, 1.82) is 0 Å². The van der Waals surface area contributed by atoms with E-state index in [1.807, 2.05) is 32.9 Å². The second-order valence-electron chi connectivity index (χ2n) is 7.71. The summed E-state index contributed by atoms with van der Waals surface area (Å²) in [5.41, 5.74) is 4.61. The average molecular weight is 397 g/mol. The Morgan fingerprint density at radius 3 is 2.45 bits per heavy atom. The molecule has 0 saturated carbocycles. The second kappa shape index (κ2) is 10.4. The van der Waals surface area contributed by atoms with Gasteiger partial charge < -0.3 is 14.8 Å². The number of nitrogens with zero attached hydrogens (tertiary/aromatic N) is 1. The van der Waals surface area contributed by atoms with Crippen LogP contribution in [-0.2, 0) is 22.6 Å². The quantitative estimate of drug-likeness (QED) is 0.741. The zero-order chi connectivity index (χ0) is 20.6. The van der Waals surface area contributed by atoms with Gasteiger partial charge in [0.05, 0.1) is 13.2 Å². The van der Waals surface area contributed by atoms with E-state index in [2.05, 4.69) is 40.5 Å². The molecule has 0 aromatic heterocycles. The van der Waals surface area contributed by atoms with Crippen LogP contribution in [0, 0.1) is 13.8 Å². The van der Waals surface area contributed by atoms with E-state index in [1.165, 1.54) is 11.1 Å². The fourth-order valence-electron chi connectivity index (χ4n) is 3.49. The van der Waals surface area contributed by atoms with Gasteiger partial charge in [0, 0.05) is 26.2 Å². The molecule has 0 aliphatic carbocycles. The summed E-state index contributed by atoms with van der Waals surface area (Å²) in [6.45, 7) is 11.1. The van der Waals surface area contributed by atoms with E-state index in [4.69, 9.17) is 9.47 Å². The first-order valence-corrected chi connectivity index (χ1v) is 10.4. The lowest BCUT2D eigenvalue weighted by atomic mass is 10.1. The third-order valence-electron chi connectivity index (χ3n) is 5.26. The van der Waals surface area contributed by atoms with Crippen LogP contribution >= 0.6 is 0 Å². The third-order valence-corrected chi connectivity index (χ3v) is 5.26. The summed E-state index contributed by atoms with van der Waals surface area (Å²) in [5, 5.41) is 3.01. The molecule has 2 aromatic rings. The smallest absolute Gasteiger partial charge is 0.261 e. The molecular weight excluding hydrogens is 364 g/mol. The van der Waals surface area contributed by atoms with Crippen LogP contribution in [0.15, 0.2) is 42.5 Å². The standard InChI is InChI=1S/C24H32N2O3/c1-4-22(29-23-10-5-18(2)15-19(23)3)24(27)25-16-20-6-8-21(9-7-20)17-26-11-13-28-14-12-26/h5-10,15,22H,4,11-14,16-17H2,1-3H3,(H,25,27). The second-order valence-corrected chi connectivity index (χ2v) is 7.71. The fraction of sp³-hybridized carbons (Fsp3) is 0.458. The highest BCUT2D eigenvalue weighted by atomic mass is 16.5. The fourth-order valence-corrected chi connectivity index (χ4v) is 3.49. The molecule has 1 atom stereocenters. The van der Waals surface area contributed by atoms with Gasteiger partial charge in [0.1, 0.15) is 5.75 Å². The predicted molar refractivity (Wildman–Crippen MR) is 115 cm³/mol. The van der Waals surface area contributed by atoms with Gasteiger partial charge in [0.2, 0.25) is 0 Å². The molecule has 0 radical (unpaired) electrons. The Hall–Kier alpha value is -2.37. The highest BCUT2D eigenvalue weighted by Gasteiger charge is 2.19. The van der Waals surface area contributed by atoms with Crippen LogP contribution in [0.25, 0.3) is 0 Å². The molecule has 5 nitrogen and oxygen atoms in total. The maximum absolute atomic E-state index is 12.6. The van der Waals surface area contributed by atoms with Crippen molar-refractivity contribution in [3.63, 3.8) is 0 Å². The van der Waals surface area contributed by atoms with Gasteiger partial charge in [-0.25, -0.2) is 0 Å². The summed E-state index contributed by atoms with van der Waals surface area (Å²) in [6.07, 6.45) is 0.134. The van der Waals surface area contributed by atoms with Gasteiger partial charge >= 0.3 is 0 Å². The minimum Gasteiger partial charge on any atom is -0.480 e. The number of hydrogen-bond acceptors (Lipinski definition) is 4. The zero-order valence-corrected chi connectivity index (χ0v) is 17.7. The van der Waals surface area contributed by atoms with E-state index < -0.39 is 6.10 Å². The van der Waals surface area contributed by atoms with Crippen molar-refractivity contribution in [1.82, 2.24) is 10.2 Å². The first-order valence-electron chi connectivity index (χ1n) is 10.4. The van der Waals surface area contributed by atoms with E-state index in [0.717, 1.165) is 49.7 Å². The summed E-state index contributed by atoms with van der Waals surface area (Å²) in [6, 6.07) is 14.5. The molecule has 1 fully saturated rings. The molecule has 1 unspecified atom stereocenters. The van der Waals surface area contributed by atoms with E-state index in [1.54, 1.807) is 0 Å². The molecule has 156 valence electrons. The van der Waals surface area contributed by atoms with Gasteiger partial charge in [-0.1, -0.05) is 48.9 Å². The summed E-state index contributed by atoms with van der Waals surface area (Å²) < 4.78 is 11.4. The molecule has 1 N–H and O–H groups in total. The normalized spacial score (nSPS) is 15.7. The van der Waals surface area contributed by atoms with Gasteiger partial charge in [0.25, 0.3) is 5.91 Å². The number of carbonyl (C=O) groups is 1. The molecule has 0 bridgehead atoms. The van der Waals surface area contributed by atoms with Crippen molar-refractivity contribution in [2.45, 2.75) is 46.4 Å². The van der Waals surface area contributed by atoms with E-state index >= 15 is 0 Å². The van der Waals surface area contributed by atoms with Crippen molar-refractivity contribution in [3.8, 4) is 5.75 Å². The number of ether oxygens (including phenoxy) is 2. The number of benzene rings is 2. The SMILES string of the molecule is CCC(Oc1ccc(C)cc1C)C(=O)NCc1ccc(CN2CCOCC2)cc1. The molecular formula is C24H32N2O3. The van der Waals surface area contributed by atoms with Crippen LogP contribution in [-0.4, -0.2) is 43.2 Å². The van der Waals surface area contributed by atoms with Gasteiger partial charge in [-0.05, 0) is 43.0 Å². The number of morpholine rings is 1. The van der Waals surface area contributed by atoms with Crippen LogP contribution in [0.1, 0.15) is 35.6 Å². The molecule has 1 heterocycles. The largest absolute Gasteiger partial charge is 0.480 e. The Balaban J connectivity index is 1.50. The maximum atomic E-state index is 12.6. The summed E-state index contributed by atoms with van der Waals surface area (Å²) in [4.78, 5) is 15.0. The molecule has 3 rings (SSSR count). The molecule has 1 aliphatic heterocycles. The van der Waals surface area contributed by atoms with Crippen molar-refractivity contribution < 1.29 is 14.3 Å². The summed E-state index contributed by atoms with van der Waals surface area (Å²) in [5.74, 6) is 0.690. The third kappa shape index (κ3) is 6.31. The lowest BCUT2D eigenvalue weighted by Gasteiger charge is -2.26. The van der Waals surface area contributed by atoms with Crippen molar-refractivity contribution >= 4 is 5.91 Å². The first-order chi connectivity index (χ1) is 14.0. The zero-order valence-electron chi connectivity index (χ0n) is 17.7. The Morgan fingerprint density at radius 2 is 1.79 bits per heavy atom. The lowest BCUT2D eigenvalue weighted by molar-refractivity contribution is -0.128. The predicted octanol–water partition coefficient (Wildman–Crippen LogP) is 3.61. The van der Waals surface area contributed by atoms with Crippen molar-refractivity contribution in [2.75, 3.05) is 26.3 Å². The Kier molecular flexibility index (Phi) is 7.67. The van der Waals surface area contributed by atoms with Crippen LogP contribution in [0.4, 0.5) is 0 Å². The van der Waals surface area contributed by atoms with Gasteiger partial charge in [-0.15, -0.1) is 0 Å². The van der Waals surface area contributed by atoms with Gasteiger partial charge in [-0.2, -0.15) is 0 Å². The van der Waals surface area contributed by atoms with Crippen LogP contribution in [0.2, 0.25) is 0 Å². The highest BCUT2D eigenvalue weighted by molar-refractivity contribution is 5.81. The lowest BCUT2D eigenvalue weighted by Crippen LogP contribution is -2.37. The molecule has 1 saturated heterocycles. The number of nitrogens with one attached hydrogen (secondary N) is 1. The van der Waals surface area contributed by atoms with Crippen LogP contribution in [0.3, 0.4) is 0 Å². The minimum absolute atomic E-state index is 0.0788. The minimum atomic E-state index is -0.489. The molecule has 1 amide bonds. The molecule has 0 spiro atoms. The number of rotatable bonds is 8. The van der Waals surface area contributed by atoms with Crippen LogP contribution in [0.5, 0.6) is 5.75 Å². The first kappa shape index (κ1) is 21.3. The Morgan fingerprint density at radius 1 is 1.10 bits per heavy atom. The summed E-state index contributed by atoms with van der Waals surface area (Å²) >= 11 is 0. The van der Waals surface area contributed by atoms with E-state index in [-0.39, 0.29) is 5.91 Å². The molecule has 2 aromatic carbocycles. The van der Waals surface area contributed by atoms with Gasteiger partial charge in [-0.3, -0.25) is 9.69 Å². The van der Waals surface area contributed by atoms with Crippen molar-refractivity contribution in [3.05, 3.63) is 64.7 Å². The van der Waals surface area contributed by atoms with Crippen LogP contribution < -0.4 is 10.1 Å². The number of carbonyl (C=O) groups excluding carboxylic acids is 1. The van der Waals surface area contributed by atoms with Crippen molar-refractivity contribution in [2.24, 2.45) is 0 Å². The molecule has 29 heavy (non-hydrogen) atoms. The van der Waals surface area contributed by atoms with E-state index in [9.17, 15) is 4.79 Å². The Labute approximate surface area is 174 Å². The van der Waals surface area contributed by atoms with E-state index in [0.29, 0.717) is 13.0 Å². The van der Waals surface area contributed by atoms with Gasteiger partial charge in [0.15, 0.2) is 6.10 Å². The highest BCUT2D eigenvalue weighted by Crippen LogP contribution is 2.21. The number of amides is 1. The number of aryl methyl sites for hydroxylation is 2. The summed E-state index contributed by atoms with van der Waals surface area (Å²) in [7, 11) is 0. The average Bonchev–Trinajstić information content (AvgIpc) is 2.73. The topological polar surface area (TPSA) is 50.8 Å². The molecule has 5 heteroatoms. The monoisotopic (exact) mass is 396 g/mol. The Bertz CT molecular complexity index is 798. The maximum Gasteiger partial charge on any atom is 0.261 e. The number of hydrogen-bond donors (Lipinski definition) is 1. The molecule has 1 aliphatic rings.